The number of nitriles is 1. The summed E-state index contributed by atoms with van der Waals surface area (Å²) in [6.45, 7) is 0. The van der Waals surface area contributed by atoms with Crippen LogP contribution in [0.3, 0.4) is 0 Å². The zero-order valence-corrected chi connectivity index (χ0v) is 28.3. The number of nitrogens with two attached hydrogens (primary N) is 1. The summed E-state index contributed by atoms with van der Waals surface area (Å²) in [6, 6.07) is 54.4. The Hall–Kier alpha value is -7.23. The number of hydrogen-bond donors (Lipinski definition) is 2. The molecule has 2 aliphatic carbocycles. The maximum absolute atomic E-state index is 9.82. The average Bonchev–Trinajstić information content (AvgIpc) is 3.84. The second-order valence-electron chi connectivity index (χ2n) is 13.9. The SMILES string of the molecule is N#Cc1ccc2oc3ccc4c(c3c2c1)-c1ccc(N)cc1C41c2ccccc2-c2cc(C3=NC(c4ccccc4)N=C(c4ccccc4)N3)ccc21. The van der Waals surface area contributed by atoms with Gasteiger partial charge in [0.2, 0.25) is 0 Å². The molecule has 2 atom stereocenters. The van der Waals surface area contributed by atoms with Crippen molar-refractivity contribution in [3.63, 3.8) is 0 Å². The minimum atomic E-state index is -0.625. The van der Waals surface area contributed by atoms with Crippen LogP contribution in [0.25, 0.3) is 44.2 Å². The summed E-state index contributed by atoms with van der Waals surface area (Å²) in [5, 5.41) is 15.4. The summed E-state index contributed by atoms with van der Waals surface area (Å²) >= 11 is 0. The Labute approximate surface area is 305 Å². The third-order valence-corrected chi connectivity index (χ3v) is 11.1. The molecule has 7 aromatic carbocycles. The first kappa shape index (κ1) is 29.5. The van der Waals surface area contributed by atoms with Gasteiger partial charge in [-0.2, -0.15) is 5.26 Å². The highest BCUT2D eigenvalue weighted by Crippen LogP contribution is 2.64. The molecule has 8 aromatic rings. The second kappa shape index (κ2) is 10.9. The summed E-state index contributed by atoms with van der Waals surface area (Å²) in [6.07, 6.45) is -0.389. The Kier molecular flexibility index (Phi) is 6.06. The zero-order valence-electron chi connectivity index (χ0n) is 28.3. The molecule has 0 radical (unpaired) electrons. The first-order valence-corrected chi connectivity index (χ1v) is 17.7. The Morgan fingerprint density at radius 2 is 1.32 bits per heavy atom. The van der Waals surface area contributed by atoms with E-state index in [1.807, 2.05) is 60.7 Å². The van der Waals surface area contributed by atoms with Crippen LogP contribution in [0, 0.1) is 11.3 Å². The molecule has 0 amide bonds. The van der Waals surface area contributed by atoms with Crippen molar-refractivity contribution in [2.45, 2.75) is 11.6 Å². The van der Waals surface area contributed by atoms with E-state index in [2.05, 4.69) is 102 Å². The number of nitrogen functional groups attached to an aromatic ring is 1. The van der Waals surface area contributed by atoms with Crippen LogP contribution >= 0.6 is 0 Å². The summed E-state index contributed by atoms with van der Waals surface area (Å²) < 4.78 is 6.41. The molecule has 3 aliphatic rings. The molecule has 1 aromatic heterocycles. The van der Waals surface area contributed by atoms with Crippen LogP contribution in [-0.4, -0.2) is 11.7 Å². The molecule has 248 valence electrons. The van der Waals surface area contributed by atoms with Crippen LogP contribution < -0.4 is 11.1 Å². The van der Waals surface area contributed by atoms with Gasteiger partial charge in [-0.25, -0.2) is 9.98 Å². The predicted octanol–water partition coefficient (Wildman–Crippen LogP) is 9.88. The quantitative estimate of drug-likeness (QED) is 0.182. The van der Waals surface area contributed by atoms with Crippen LogP contribution in [0.2, 0.25) is 0 Å². The molecule has 1 aliphatic heterocycles. The van der Waals surface area contributed by atoms with E-state index in [0.717, 1.165) is 72.6 Å². The van der Waals surface area contributed by atoms with Gasteiger partial charge >= 0.3 is 0 Å². The van der Waals surface area contributed by atoms with Crippen molar-refractivity contribution in [3.8, 4) is 28.3 Å². The number of fused-ring (bicyclic) bond motifs is 14. The van der Waals surface area contributed by atoms with Gasteiger partial charge in [-0.1, -0.05) is 109 Å². The topological polar surface area (TPSA) is 99.7 Å². The molecule has 0 fully saturated rings. The second-order valence-corrected chi connectivity index (χ2v) is 13.9. The first-order chi connectivity index (χ1) is 26.1. The van der Waals surface area contributed by atoms with Crippen molar-refractivity contribution in [1.29, 1.82) is 5.26 Å². The highest BCUT2D eigenvalue weighted by molar-refractivity contribution is 6.18. The Bertz CT molecular complexity index is 2950. The number of nitrogens with zero attached hydrogens (tertiary/aromatic N) is 3. The number of rotatable bonds is 3. The van der Waals surface area contributed by atoms with Gasteiger partial charge in [0.15, 0.2) is 6.17 Å². The highest BCUT2D eigenvalue weighted by Gasteiger charge is 2.52. The van der Waals surface area contributed by atoms with Crippen LogP contribution in [0.4, 0.5) is 5.69 Å². The number of benzene rings is 7. The largest absolute Gasteiger partial charge is 0.456 e. The van der Waals surface area contributed by atoms with Crippen molar-refractivity contribution in [1.82, 2.24) is 5.32 Å². The maximum atomic E-state index is 9.82. The van der Waals surface area contributed by atoms with E-state index in [1.165, 1.54) is 22.3 Å². The highest BCUT2D eigenvalue weighted by atomic mass is 16.3. The molecular formula is C47H29N5O. The summed E-state index contributed by atoms with van der Waals surface area (Å²) in [5.74, 6) is 1.55. The van der Waals surface area contributed by atoms with Gasteiger partial charge in [-0.3, -0.25) is 0 Å². The van der Waals surface area contributed by atoms with Gasteiger partial charge in [0.05, 0.1) is 17.0 Å². The lowest BCUT2D eigenvalue weighted by atomic mass is 9.70. The fourth-order valence-electron chi connectivity index (χ4n) is 8.89. The van der Waals surface area contributed by atoms with E-state index in [-0.39, 0.29) is 6.17 Å². The number of furan rings is 1. The molecule has 2 heterocycles. The monoisotopic (exact) mass is 679 g/mol. The summed E-state index contributed by atoms with van der Waals surface area (Å²) in [4.78, 5) is 10.2. The molecule has 6 nitrogen and oxygen atoms in total. The molecule has 1 spiro atoms. The van der Waals surface area contributed by atoms with Crippen LogP contribution in [0.15, 0.2) is 166 Å². The number of aliphatic imine (C=N–C) groups is 2. The molecule has 3 N–H and O–H groups in total. The first-order valence-electron chi connectivity index (χ1n) is 17.7. The lowest BCUT2D eigenvalue weighted by Gasteiger charge is -2.30. The third kappa shape index (κ3) is 4.07. The molecule has 53 heavy (non-hydrogen) atoms. The third-order valence-electron chi connectivity index (χ3n) is 11.1. The number of nitrogens with one attached hydrogen (secondary N) is 1. The molecule has 0 saturated heterocycles. The molecular weight excluding hydrogens is 651 g/mol. The maximum Gasteiger partial charge on any atom is 0.169 e. The average molecular weight is 680 g/mol. The minimum absolute atomic E-state index is 0.389. The number of hydrogen-bond acceptors (Lipinski definition) is 6. The van der Waals surface area contributed by atoms with E-state index in [0.29, 0.717) is 11.3 Å². The normalized spacial score (nSPS) is 17.8. The fourth-order valence-corrected chi connectivity index (χ4v) is 8.89. The Balaban J connectivity index is 1.15. The van der Waals surface area contributed by atoms with Crippen molar-refractivity contribution >= 4 is 39.3 Å². The van der Waals surface area contributed by atoms with Gasteiger partial charge in [0.1, 0.15) is 22.8 Å². The van der Waals surface area contributed by atoms with E-state index in [1.54, 1.807) is 0 Å². The number of anilines is 1. The van der Waals surface area contributed by atoms with Crippen molar-refractivity contribution in [2.75, 3.05) is 5.73 Å². The van der Waals surface area contributed by atoms with Gasteiger partial charge in [0.25, 0.3) is 0 Å². The van der Waals surface area contributed by atoms with Gasteiger partial charge in [-0.05, 0) is 92.5 Å². The van der Waals surface area contributed by atoms with Gasteiger partial charge in [0, 0.05) is 27.6 Å². The lowest BCUT2D eigenvalue weighted by Crippen LogP contribution is -2.36. The lowest BCUT2D eigenvalue weighted by molar-refractivity contribution is 0.668. The molecule has 6 heteroatoms. The van der Waals surface area contributed by atoms with E-state index in [4.69, 9.17) is 20.1 Å². The molecule has 0 bridgehead atoms. The Morgan fingerprint density at radius 1 is 0.604 bits per heavy atom. The van der Waals surface area contributed by atoms with Crippen LogP contribution in [0.1, 0.15) is 50.7 Å². The molecule has 11 rings (SSSR count). The predicted molar refractivity (Wildman–Crippen MR) is 211 cm³/mol. The molecule has 0 saturated carbocycles. The number of amidine groups is 2. The van der Waals surface area contributed by atoms with Gasteiger partial charge < -0.3 is 15.5 Å². The zero-order chi connectivity index (χ0) is 35.3. The smallest absolute Gasteiger partial charge is 0.169 e. The molecule has 2 unspecified atom stereocenters. The Morgan fingerprint density at radius 3 is 2.15 bits per heavy atom. The standard InChI is InChI=1S/C47H29N5O/c48-26-27-15-21-40-35(23-27)43-41(53-40)22-20-38-42(43)33-18-17-31(49)25-39(33)47(38)36-14-8-7-13-32(36)34-24-30(16-19-37(34)47)46-51-44(28-9-3-1-4-10-28)50-45(52-46)29-11-5-2-6-12-29/h1-25,44H,49H2,(H,50,51,52). The van der Waals surface area contributed by atoms with E-state index >= 15 is 0 Å². The van der Waals surface area contributed by atoms with Crippen LogP contribution in [0.5, 0.6) is 0 Å². The summed E-state index contributed by atoms with van der Waals surface area (Å²) in [7, 11) is 0. The van der Waals surface area contributed by atoms with Crippen molar-refractivity contribution in [3.05, 3.63) is 196 Å². The fraction of sp³-hybridized carbons (Fsp3) is 0.0426. The van der Waals surface area contributed by atoms with E-state index in [9.17, 15) is 5.26 Å². The summed E-state index contributed by atoms with van der Waals surface area (Å²) in [5.41, 5.74) is 21.1. The van der Waals surface area contributed by atoms with Crippen molar-refractivity contribution in [2.24, 2.45) is 9.98 Å². The van der Waals surface area contributed by atoms with Gasteiger partial charge in [-0.15, -0.1) is 0 Å². The van der Waals surface area contributed by atoms with E-state index < -0.39 is 5.41 Å². The minimum Gasteiger partial charge on any atom is -0.456 e. The van der Waals surface area contributed by atoms with Crippen LogP contribution in [-0.2, 0) is 5.41 Å². The van der Waals surface area contributed by atoms with Crippen molar-refractivity contribution < 1.29 is 4.42 Å².